The first-order valence-electron chi connectivity index (χ1n) is 4.28. The van der Waals surface area contributed by atoms with Crippen molar-refractivity contribution in [1.82, 2.24) is 0 Å². The van der Waals surface area contributed by atoms with E-state index in [-0.39, 0.29) is 0 Å². The summed E-state index contributed by atoms with van der Waals surface area (Å²) in [6.45, 7) is 9.68. The van der Waals surface area contributed by atoms with Gasteiger partial charge in [-0.1, -0.05) is 12.7 Å². The highest BCUT2D eigenvalue weighted by atomic mass is 31.2. The van der Waals surface area contributed by atoms with Gasteiger partial charge in [0.05, 0.1) is 13.2 Å². The molecular weight excluding hydrogens is 187 g/mol. The van der Waals surface area contributed by atoms with Crippen molar-refractivity contribution < 1.29 is 13.6 Å². The summed E-state index contributed by atoms with van der Waals surface area (Å²) in [7, 11) is -3.03. The minimum Gasteiger partial charge on any atom is -0.306 e. The second kappa shape index (κ2) is 6.14. The number of rotatable bonds is 6. The maximum Gasteiger partial charge on any atom is 0.354 e. The number of hydrogen-bond donors (Lipinski definition) is 0. The molecule has 3 nitrogen and oxygen atoms in total. The van der Waals surface area contributed by atoms with E-state index in [1.807, 2.05) is 0 Å². The third-order valence-corrected chi connectivity index (χ3v) is 3.26. The molecule has 0 heterocycles. The normalized spacial score (nSPS) is 13.0. The van der Waals surface area contributed by atoms with E-state index in [2.05, 4.69) is 6.58 Å². The average Bonchev–Trinajstić information content (AvgIpc) is 2.04. The van der Waals surface area contributed by atoms with Crippen molar-refractivity contribution in [3.05, 3.63) is 24.0 Å². The minimum atomic E-state index is -3.03. The van der Waals surface area contributed by atoms with Gasteiger partial charge >= 0.3 is 7.60 Å². The van der Waals surface area contributed by atoms with Crippen LogP contribution in [0.5, 0.6) is 0 Å². The molecule has 0 rings (SSSR count). The van der Waals surface area contributed by atoms with E-state index in [0.29, 0.717) is 13.2 Å². The lowest BCUT2D eigenvalue weighted by atomic mass is 10.4. The standard InChI is InChI=1S/C9H17O3P/c1-5-9(4)8-13(10,11-6-2)12-7-3/h5,8H,1,6-7H2,2-4H3/b9-8+. The van der Waals surface area contributed by atoms with Gasteiger partial charge in [-0.2, -0.15) is 0 Å². The van der Waals surface area contributed by atoms with Gasteiger partial charge in [0.1, 0.15) is 0 Å². The van der Waals surface area contributed by atoms with E-state index in [1.165, 1.54) is 5.82 Å². The molecule has 0 aromatic carbocycles. The molecule has 0 unspecified atom stereocenters. The molecule has 0 spiro atoms. The molecule has 0 aromatic rings. The summed E-state index contributed by atoms with van der Waals surface area (Å²) in [5, 5.41) is 0. The van der Waals surface area contributed by atoms with E-state index in [4.69, 9.17) is 9.05 Å². The maximum absolute atomic E-state index is 11.8. The van der Waals surface area contributed by atoms with Crippen LogP contribution in [0.1, 0.15) is 20.8 Å². The molecule has 0 saturated carbocycles. The van der Waals surface area contributed by atoms with Crippen molar-refractivity contribution in [3.8, 4) is 0 Å². The Morgan fingerprint density at radius 2 is 1.85 bits per heavy atom. The van der Waals surface area contributed by atoms with Crippen LogP contribution in [0.4, 0.5) is 0 Å². The van der Waals surface area contributed by atoms with E-state index in [0.717, 1.165) is 5.57 Å². The molecule has 0 atom stereocenters. The minimum absolute atomic E-state index is 0.373. The molecule has 0 aromatic heterocycles. The molecule has 0 saturated heterocycles. The third kappa shape index (κ3) is 5.04. The molecular formula is C9H17O3P. The molecule has 0 aliphatic carbocycles. The second-order valence-corrected chi connectivity index (χ2v) is 4.31. The Kier molecular flexibility index (Phi) is 5.97. The number of hydrogen-bond acceptors (Lipinski definition) is 3. The van der Waals surface area contributed by atoms with Crippen molar-refractivity contribution in [2.75, 3.05) is 13.2 Å². The van der Waals surface area contributed by atoms with Gasteiger partial charge in [0, 0.05) is 5.82 Å². The molecule has 0 N–H and O–H groups in total. The summed E-state index contributed by atoms with van der Waals surface area (Å²) in [6, 6.07) is 0. The van der Waals surface area contributed by atoms with Crippen molar-refractivity contribution in [2.24, 2.45) is 0 Å². The SMILES string of the molecule is C=C/C(C)=C/P(=O)(OCC)OCC. The highest BCUT2D eigenvalue weighted by Gasteiger charge is 2.19. The quantitative estimate of drug-likeness (QED) is 0.491. The Labute approximate surface area is 80.0 Å². The van der Waals surface area contributed by atoms with Crippen LogP contribution in [0.25, 0.3) is 0 Å². The Bertz CT molecular complexity index is 223. The smallest absolute Gasteiger partial charge is 0.306 e. The number of allylic oxidation sites excluding steroid dienone is 2. The lowest BCUT2D eigenvalue weighted by Crippen LogP contribution is -1.93. The van der Waals surface area contributed by atoms with Crippen LogP contribution in [0.3, 0.4) is 0 Å². The van der Waals surface area contributed by atoms with Crippen molar-refractivity contribution in [3.63, 3.8) is 0 Å². The molecule has 0 fully saturated rings. The van der Waals surface area contributed by atoms with E-state index in [1.54, 1.807) is 26.8 Å². The zero-order chi connectivity index (χ0) is 10.3. The Morgan fingerprint density at radius 1 is 1.38 bits per heavy atom. The highest BCUT2D eigenvalue weighted by Crippen LogP contribution is 2.50. The van der Waals surface area contributed by atoms with E-state index < -0.39 is 7.60 Å². The third-order valence-electron chi connectivity index (χ3n) is 1.30. The van der Waals surface area contributed by atoms with Crippen LogP contribution >= 0.6 is 7.60 Å². The molecule has 0 aliphatic rings. The summed E-state index contributed by atoms with van der Waals surface area (Å²) in [5.74, 6) is 1.49. The van der Waals surface area contributed by atoms with Crippen molar-refractivity contribution >= 4 is 7.60 Å². The summed E-state index contributed by atoms with van der Waals surface area (Å²) in [6.07, 6.45) is 1.62. The highest BCUT2D eigenvalue weighted by molar-refractivity contribution is 7.57. The zero-order valence-electron chi connectivity index (χ0n) is 8.45. The fourth-order valence-corrected chi connectivity index (χ4v) is 2.32. The molecule has 0 bridgehead atoms. The van der Waals surface area contributed by atoms with Crippen LogP contribution < -0.4 is 0 Å². The van der Waals surface area contributed by atoms with Crippen LogP contribution in [0.15, 0.2) is 24.0 Å². The van der Waals surface area contributed by atoms with Gasteiger partial charge in [-0.15, -0.1) is 0 Å². The Morgan fingerprint density at radius 3 is 2.15 bits per heavy atom. The van der Waals surface area contributed by atoms with Crippen molar-refractivity contribution in [2.45, 2.75) is 20.8 Å². The molecule has 0 amide bonds. The largest absolute Gasteiger partial charge is 0.354 e. The lowest BCUT2D eigenvalue weighted by Gasteiger charge is -2.13. The molecule has 76 valence electrons. The Hall–Kier alpha value is -0.370. The molecule has 13 heavy (non-hydrogen) atoms. The van der Waals surface area contributed by atoms with Crippen LogP contribution in [-0.4, -0.2) is 13.2 Å². The molecule has 0 aliphatic heterocycles. The van der Waals surface area contributed by atoms with Gasteiger partial charge < -0.3 is 9.05 Å². The van der Waals surface area contributed by atoms with Crippen LogP contribution in [-0.2, 0) is 13.6 Å². The fourth-order valence-electron chi connectivity index (χ4n) is 0.774. The first-order valence-corrected chi connectivity index (χ1v) is 5.89. The molecule has 0 radical (unpaired) electrons. The van der Waals surface area contributed by atoms with Gasteiger partial charge in [0.2, 0.25) is 0 Å². The fraction of sp³-hybridized carbons (Fsp3) is 0.556. The monoisotopic (exact) mass is 204 g/mol. The van der Waals surface area contributed by atoms with Gasteiger partial charge in [-0.25, -0.2) is 0 Å². The first kappa shape index (κ1) is 12.6. The lowest BCUT2D eigenvalue weighted by molar-refractivity contribution is 0.229. The van der Waals surface area contributed by atoms with Gasteiger partial charge in [0.15, 0.2) is 0 Å². The van der Waals surface area contributed by atoms with Crippen LogP contribution in [0, 0.1) is 0 Å². The van der Waals surface area contributed by atoms with Gasteiger partial charge in [0.25, 0.3) is 0 Å². The molecule has 4 heteroatoms. The Balaban J connectivity index is 4.58. The second-order valence-electron chi connectivity index (χ2n) is 2.45. The first-order chi connectivity index (χ1) is 6.08. The zero-order valence-corrected chi connectivity index (χ0v) is 9.34. The summed E-state index contributed by atoms with van der Waals surface area (Å²) >= 11 is 0. The van der Waals surface area contributed by atoms with Crippen molar-refractivity contribution in [1.29, 1.82) is 0 Å². The topological polar surface area (TPSA) is 35.5 Å². The summed E-state index contributed by atoms with van der Waals surface area (Å²) < 4.78 is 21.9. The van der Waals surface area contributed by atoms with E-state index in [9.17, 15) is 4.57 Å². The summed E-state index contributed by atoms with van der Waals surface area (Å²) in [4.78, 5) is 0. The average molecular weight is 204 g/mol. The summed E-state index contributed by atoms with van der Waals surface area (Å²) in [5.41, 5.74) is 0.797. The predicted octanol–water partition coefficient (Wildman–Crippen LogP) is 3.34. The van der Waals surface area contributed by atoms with E-state index >= 15 is 0 Å². The van der Waals surface area contributed by atoms with Crippen LogP contribution in [0.2, 0.25) is 0 Å². The maximum atomic E-state index is 11.8. The van der Waals surface area contributed by atoms with Gasteiger partial charge in [-0.3, -0.25) is 4.57 Å². The predicted molar refractivity (Wildman–Crippen MR) is 54.8 cm³/mol. The van der Waals surface area contributed by atoms with Gasteiger partial charge in [-0.05, 0) is 26.3 Å².